The number of carbonyl (C=O) groups excluding carboxylic acids is 2. The molecule has 0 aromatic heterocycles. The molecule has 1 saturated carbocycles. The van der Waals surface area contributed by atoms with Gasteiger partial charge < -0.3 is 4.74 Å². The van der Waals surface area contributed by atoms with Crippen molar-refractivity contribution in [3.63, 3.8) is 0 Å². The zero-order valence-electron chi connectivity index (χ0n) is 9.29. The maximum absolute atomic E-state index is 11.7. The summed E-state index contributed by atoms with van der Waals surface area (Å²) in [6.07, 6.45) is 1.39. The van der Waals surface area contributed by atoms with Crippen LogP contribution in [0.1, 0.15) is 40.5 Å². The fourth-order valence-electron chi connectivity index (χ4n) is 1.35. The van der Waals surface area contributed by atoms with Crippen LogP contribution in [0.25, 0.3) is 0 Å². The highest BCUT2D eigenvalue weighted by atomic mass is 16.6. The van der Waals surface area contributed by atoms with Crippen molar-refractivity contribution in [2.45, 2.75) is 46.1 Å². The van der Waals surface area contributed by atoms with Gasteiger partial charge in [0.2, 0.25) is 0 Å². The SMILES string of the molecule is CC(C)C(=O)OC1(C(=O)C(C)C)CC1. The van der Waals surface area contributed by atoms with Crippen molar-refractivity contribution in [3.05, 3.63) is 0 Å². The molecule has 14 heavy (non-hydrogen) atoms. The Bertz CT molecular complexity index is 249. The van der Waals surface area contributed by atoms with E-state index in [1.54, 1.807) is 13.8 Å². The lowest BCUT2D eigenvalue weighted by atomic mass is 10.0. The first-order chi connectivity index (χ1) is 6.39. The second kappa shape index (κ2) is 3.71. The summed E-state index contributed by atoms with van der Waals surface area (Å²) in [5, 5.41) is 0. The van der Waals surface area contributed by atoms with Gasteiger partial charge in [-0.15, -0.1) is 0 Å². The number of Topliss-reactive ketones (excluding diaryl/α,β-unsaturated/α-hetero) is 1. The average molecular weight is 198 g/mol. The highest BCUT2D eigenvalue weighted by Gasteiger charge is 2.54. The molecule has 0 aliphatic heterocycles. The van der Waals surface area contributed by atoms with Gasteiger partial charge in [0.05, 0.1) is 5.92 Å². The summed E-state index contributed by atoms with van der Waals surface area (Å²) >= 11 is 0. The molecule has 1 rings (SSSR count). The minimum atomic E-state index is -0.754. The summed E-state index contributed by atoms with van der Waals surface area (Å²) in [5.41, 5.74) is -0.754. The van der Waals surface area contributed by atoms with Crippen molar-refractivity contribution >= 4 is 11.8 Å². The molecule has 0 radical (unpaired) electrons. The Morgan fingerprint density at radius 2 is 1.57 bits per heavy atom. The first-order valence-corrected chi connectivity index (χ1v) is 5.16. The van der Waals surface area contributed by atoms with E-state index in [2.05, 4.69) is 0 Å². The zero-order valence-corrected chi connectivity index (χ0v) is 9.29. The molecule has 80 valence electrons. The number of hydrogen-bond donors (Lipinski definition) is 0. The molecule has 0 amide bonds. The monoisotopic (exact) mass is 198 g/mol. The predicted octanol–water partition coefficient (Wildman–Crippen LogP) is 1.94. The van der Waals surface area contributed by atoms with Gasteiger partial charge in [-0.3, -0.25) is 9.59 Å². The van der Waals surface area contributed by atoms with Crippen molar-refractivity contribution in [1.82, 2.24) is 0 Å². The number of carbonyl (C=O) groups is 2. The number of esters is 1. The van der Waals surface area contributed by atoms with Gasteiger partial charge in [0.15, 0.2) is 11.4 Å². The minimum absolute atomic E-state index is 0.0579. The van der Waals surface area contributed by atoms with Gasteiger partial charge in [-0.25, -0.2) is 0 Å². The first kappa shape index (κ1) is 11.2. The van der Waals surface area contributed by atoms with Crippen LogP contribution in [0.15, 0.2) is 0 Å². The molecule has 0 aromatic carbocycles. The van der Waals surface area contributed by atoms with Gasteiger partial charge >= 0.3 is 5.97 Å². The van der Waals surface area contributed by atoms with Crippen molar-refractivity contribution < 1.29 is 14.3 Å². The molecule has 0 atom stereocenters. The topological polar surface area (TPSA) is 43.4 Å². The van der Waals surface area contributed by atoms with Crippen molar-refractivity contribution in [3.8, 4) is 0 Å². The first-order valence-electron chi connectivity index (χ1n) is 5.16. The Labute approximate surface area is 84.8 Å². The molecule has 0 N–H and O–H groups in total. The van der Waals surface area contributed by atoms with E-state index in [-0.39, 0.29) is 23.6 Å². The van der Waals surface area contributed by atoms with Gasteiger partial charge in [-0.05, 0) is 12.8 Å². The van der Waals surface area contributed by atoms with E-state index in [0.29, 0.717) is 12.8 Å². The molecule has 1 fully saturated rings. The summed E-state index contributed by atoms with van der Waals surface area (Å²) in [6.45, 7) is 7.23. The predicted molar refractivity (Wildman–Crippen MR) is 52.7 cm³/mol. The quantitative estimate of drug-likeness (QED) is 0.648. The standard InChI is InChI=1S/C11H18O3/c1-7(2)9(12)11(5-6-11)14-10(13)8(3)4/h7-8H,5-6H2,1-4H3. The van der Waals surface area contributed by atoms with Crippen molar-refractivity contribution in [2.75, 3.05) is 0 Å². The minimum Gasteiger partial charge on any atom is -0.451 e. The van der Waals surface area contributed by atoms with Gasteiger partial charge in [0.25, 0.3) is 0 Å². The fourth-order valence-corrected chi connectivity index (χ4v) is 1.35. The third-order valence-electron chi connectivity index (χ3n) is 2.44. The molecule has 3 nitrogen and oxygen atoms in total. The van der Waals surface area contributed by atoms with Crippen molar-refractivity contribution in [1.29, 1.82) is 0 Å². The molecular formula is C11H18O3. The highest BCUT2D eigenvalue weighted by molar-refractivity contribution is 5.93. The Balaban J connectivity index is 2.60. The van der Waals surface area contributed by atoms with E-state index >= 15 is 0 Å². The van der Waals surface area contributed by atoms with Gasteiger partial charge in [0.1, 0.15) is 0 Å². The summed E-state index contributed by atoms with van der Waals surface area (Å²) < 4.78 is 5.25. The van der Waals surface area contributed by atoms with E-state index in [0.717, 1.165) is 0 Å². The average Bonchev–Trinajstić information content (AvgIpc) is 2.84. The maximum atomic E-state index is 11.7. The number of rotatable bonds is 4. The highest BCUT2D eigenvalue weighted by Crippen LogP contribution is 2.42. The van der Waals surface area contributed by atoms with Crippen molar-refractivity contribution in [2.24, 2.45) is 11.8 Å². The van der Waals surface area contributed by atoms with Crippen LogP contribution in [-0.4, -0.2) is 17.4 Å². The second-order valence-electron chi connectivity index (χ2n) is 4.59. The third-order valence-corrected chi connectivity index (χ3v) is 2.44. The molecule has 1 aliphatic carbocycles. The number of ketones is 1. The van der Waals surface area contributed by atoms with Crippen LogP contribution >= 0.6 is 0 Å². The smallest absolute Gasteiger partial charge is 0.309 e. The van der Waals surface area contributed by atoms with Crippen LogP contribution in [0.3, 0.4) is 0 Å². The van der Waals surface area contributed by atoms with E-state index in [1.807, 2.05) is 13.8 Å². The second-order valence-corrected chi connectivity index (χ2v) is 4.59. The van der Waals surface area contributed by atoms with Crippen LogP contribution in [0.5, 0.6) is 0 Å². The summed E-state index contributed by atoms with van der Waals surface area (Å²) in [7, 11) is 0. The molecule has 0 saturated heterocycles. The lowest BCUT2D eigenvalue weighted by Gasteiger charge is -2.18. The van der Waals surface area contributed by atoms with Crippen LogP contribution in [0.4, 0.5) is 0 Å². The fraction of sp³-hybridized carbons (Fsp3) is 0.818. The van der Waals surface area contributed by atoms with Crippen LogP contribution in [-0.2, 0) is 14.3 Å². The van der Waals surface area contributed by atoms with E-state index in [9.17, 15) is 9.59 Å². The van der Waals surface area contributed by atoms with Crippen LogP contribution in [0, 0.1) is 11.8 Å². The molecule has 1 aliphatic rings. The Morgan fingerprint density at radius 1 is 1.07 bits per heavy atom. The van der Waals surface area contributed by atoms with Gasteiger partial charge in [-0.2, -0.15) is 0 Å². The van der Waals surface area contributed by atoms with Crippen LogP contribution < -0.4 is 0 Å². The van der Waals surface area contributed by atoms with E-state index < -0.39 is 5.60 Å². The summed E-state index contributed by atoms with van der Waals surface area (Å²) in [5.74, 6) is -0.423. The molecule has 0 bridgehead atoms. The molecule has 0 heterocycles. The Morgan fingerprint density at radius 3 is 1.86 bits per heavy atom. The van der Waals surface area contributed by atoms with E-state index in [1.165, 1.54) is 0 Å². The zero-order chi connectivity index (χ0) is 10.9. The van der Waals surface area contributed by atoms with Gasteiger partial charge in [0, 0.05) is 5.92 Å². The third kappa shape index (κ3) is 2.14. The molecule has 0 aromatic rings. The molecular weight excluding hydrogens is 180 g/mol. The van der Waals surface area contributed by atoms with Gasteiger partial charge in [-0.1, -0.05) is 27.7 Å². The summed E-state index contributed by atoms with van der Waals surface area (Å²) in [6, 6.07) is 0. The molecule has 3 heteroatoms. The van der Waals surface area contributed by atoms with Crippen LogP contribution in [0.2, 0.25) is 0 Å². The van der Waals surface area contributed by atoms with E-state index in [4.69, 9.17) is 4.74 Å². The lowest BCUT2D eigenvalue weighted by Crippen LogP contribution is -2.33. The molecule has 0 spiro atoms. The normalized spacial score (nSPS) is 18.4. The number of ether oxygens (including phenoxy) is 1. The molecule has 0 unspecified atom stereocenters. The largest absolute Gasteiger partial charge is 0.451 e. The maximum Gasteiger partial charge on any atom is 0.309 e. The Kier molecular flexibility index (Phi) is 2.98. The Hall–Kier alpha value is -0.860. The lowest BCUT2D eigenvalue weighted by molar-refractivity contribution is -0.161. The summed E-state index contributed by atoms with van der Waals surface area (Å²) in [4.78, 5) is 23.1. The number of hydrogen-bond acceptors (Lipinski definition) is 3.